The van der Waals surface area contributed by atoms with E-state index in [4.69, 9.17) is 4.98 Å². The van der Waals surface area contributed by atoms with Crippen LogP contribution in [0.25, 0.3) is 5.69 Å². The third-order valence-corrected chi connectivity index (χ3v) is 5.04. The standard InChI is InChI=1S/C20H21N5/c1-2-4-18(5-3-1)25-13-15(10-22-25)12-24-9-8-19-17(14-24)11-21-20(23-19)16-6-7-16/h1-5,10-11,13,16H,6-9,12,14H2. The SMILES string of the molecule is c1ccc(-n2cc(CN3CCc4nc(C5CC5)ncc4C3)cn2)cc1. The van der Waals surface area contributed by atoms with Gasteiger partial charge in [0.25, 0.3) is 0 Å². The number of benzene rings is 1. The van der Waals surface area contributed by atoms with E-state index in [1.54, 1.807) is 0 Å². The minimum atomic E-state index is 0.632. The van der Waals surface area contributed by atoms with Gasteiger partial charge in [-0.25, -0.2) is 14.6 Å². The molecule has 1 aromatic carbocycles. The van der Waals surface area contributed by atoms with Gasteiger partial charge >= 0.3 is 0 Å². The van der Waals surface area contributed by atoms with Crippen molar-refractivity contribution in [3.63, 3.8) is 0 Å². The van der Waals surface area contributed by atoms with Crippen LogP contribution in [0.2, 0.25) is 0 Å². The molecule has 1 fully saturated rings. The molecule has 0 amide bonds. The molecule has 0 radical (unpaired) electrons. The van der Waals surface area contributed by atoms with Crippen molar-refractivity contribution < 1.29 is 0 Å². The highest BCUT2D eigenvalue weighted by atomic mass is 15.3. The van der Waals surface area contributed by atoms with Crippen molar-refractivity contribution in [1.29, 1.82) is 0 Å². The Bertz CT molecular complexity index is 882. The molecule has 0 saturated heterocycles. The molecule has 5 rings (SSSR count). The monoisotopic (exact) mass is 331 g/mol. The third-order valence-electron chi connectivity index (χ3n) is 5.04. The van der Waals surface area contributed by atoms with Crippen LogP contribution in [0.1, 0.15) is 41.4 Å². The summed E-state index contributed by atoms with van der Waals surface area (Å²) < 4.78 is 1.94. The van der Waals surface area contributed by atoms with Crippen LogP contribution in [-0.4, -0.2) is 31.2 Å². The van der Waals surface area contributed by atoms with Crippen LogP contribution in [0.15, 0.2) is 48.9 Å². The van der Waals surface area contributed by atoms with E-state index in [2.05, 4.69) is 39.5 Å². The third kappa shape index (κ3) is 3.07. The van der Waals surface area contributed by atoms with Gasteiger partial charge < -0.3 is 0 Å². The van der Waals surface area contributed by atoms with Gasteiger partial charge in [-0.15, -0.1) is 0 Å². The van der Waals surface area contributed by atoms with E-state index >= 15 is 0 Å². The zero-order valence-electron chi connectivity index (χ0n) is 14.2. The number of hydrogen-bond acceptors (Lipinski definition) is 4. The molecule has 126 valence electrons. The van der Waals surface area contributed by atoms with E-state index in [-0.39, 0.29) is 0 Å². The second-order valence-corrected chi connectivity index (χ2v) is 7.06. The molecule has 0 atom stereocenters. The quantitative estimate of drug-likeness (QED) is 0.737. The summed E-state index contributed by atoms with van der Waals surface area (Å²) in [5.74, 6) is 1.70. The Kier molecular flexibility index (Phi) is 3.59. The minimum Gasteiger partial charge on any atom is -0.294 e. The number of nitrogens with zero attached hydrogens (tertiary/aromatic N) is 5. The zero-order valence-corrected chi connectivity index (χ0v) is 14.2. The molecule has 3 aromatic rings. The Morgan fingerprint density at radius 1 is 1.08 bits per heavy atom. The summed E-state index contributed by atoms with van der Waals surface area (Å²) in [6, 6.07) is 10.2. The molecule has 0 spiro atoms. The number of para-hydroxylation sites is 1. The van der Waals surface area contributed by atoms with E-state index < -0.39 is 0 Å². The van der Waals surface area contributed by atoms with E-state index in [1.807, 2.05) is 29.1 Å². The summed E-state index contributed by atoms with van der Waals surface area (Å²) in [5, 5.41) is 4.50. The summed E-state index contributed by atoms with van der Waals surface area (Å²) in [6.45, 7) is 2.89. The van der Waals surface area contributed by atoms with Gasteiger partial charge in [-0.3, -0.25) is 4.90 Å². The summed E-state index contributed by atoms with van der Waals surface area (Å²) in [6.07, 6.45) is 9.68. The molecule has 0 unspecified atom stereocenters. The number of aromatic nitrogens is 4. The maximum Gasteiger partial charge on any atom is 0.131 e. The number of hydrogen-bond donors (Lipinski definition) is 0. The minimum absolute atomic E-state index is 0.632. The normalized spacial score (nSPS) is 17.4. The molecule has 1 aliphatic carbocycles. The maximum atomic E-state index is 4.81. The molecule has 25 heavy (non-hydrogen) atoms. The topological polar surface area (TPSA) is 46.8 Å². The first-order valence-corrected chi connectivity index (χ1v) is 9.01. The molecule has 0 bridgehead atoms. The van der Waals surface area contributed by atoms with Gasteiger partial charge in [0.15, 0.2) is 0 Å². The zero-order chi connectivity index (χ0) is 16.6. The lowest BCUT2D eigenvalue weighted by Gasteiger charge is -2.27. The number of rotatable bonds is 4. The van der Waals surface area contributed by atoms with Crippen molar-refractivity contribution in [2.45, 2.75) is 38.3 Å². The van der Waals surface area contributed by atoms with Crippen molar-refractivity contribution in [2.75, 3.05) is 6.54 Å². The first-order valence-electron chi connectivity index (χ1n) is 9.01. The largest absolute Gasteiger partial charge is 0.294 e. The van der Waals surface area contributed by atoms with E-state index in [0.717, 1.165) is 37.6 Å². The van der Waals surface area contributed by atoms with Gasteiger partial charge in [-0.1, -0.05) is 18.2 Å². The lowest BCUT2D eigenvalue weighted by atomic mass is 10.1. The average Bonchev–Trinajstić information content (AvgIpc) is 3.41. The van der Waals surface area contributed by atoms with Crippen LogP contribution in [-0.2, 0) is 19.5 Å². The summed E-state index contributed by atoms with van der Waals surface area (Å²) >= 11 is 0. The molecule has 0 N–H and O–H groups in total. The molecule has 2 aromatic heterocycles. The van der Waals surface area contributed by atoms with Crippen LogP contribution in [0.5, 0.6) is 0 Å². The molecule has 5 heteroatoms. The lowest BCUT2D eigenvalue weighted by Crippen LogP contribution is -2.31. The molecule has 1 aliphatic heterocycles. The van der Waals surface area contributed by atoms with Crippen molar-refractivity contribution in [1.82, 2.24) is 24.6 Å². The Labute approximate surface area is 147 Å². The fourth-order valence-corrected chi connectivity index (χ4v) is 3.49. The van der Waals surface area contributed by atoms with Crippen LogP contribution < -0.4 is 0 Å². The van der Waals surface area contributed by atoms with Crippen LogP contribution in [0.4, 0.5) is 0 Å². The Morgan fingerprint density at radius 3 is 2.80 bits per heavy atom. The smallest absolute Gasteiger partial charge is 0.131 e. The molecular weight excluding hydrogens is 310 g/mol. The second-order valence-electron chi connectivity index (χ2n) is 7.06. The molecule has 2 aliphatic rings. The highest BCUT2D eigenvalue weighted by Gasteiger charge is 2.28. The van der Waals surface area contributed by atoms with Crippen molar-refractivity contribution in [3.05, 3.63) is 71.6 Å². The highest BCUT2D eigenvalue weighted by Crippen LogP contribution is 2.38. The fourth-order valence-electron chi connectivity index (χ4n) is 3.49. The summed E-state index contributed by atoms with van der Waals surface area (Å²) in [4.78, 5) is 11.8. The van der Waals surface area contributed by atoms with Crippen LogP contribution in [0.3, 0.4) is 0 Å². The number of fused-ring (bicyclic) bond motifs is 1. The molecular formula is C20H21N5. The average molecular weight is 331 g/mol. The summed E-state index contributed by atoms with van der Waals surface area (Å²) in [5.41, 5.74) is 4.88. The van der Waals surface area contributed by atoms with E-state index in [9.17, 15) is 0 Å². The van der Waals surface area contributed by atoms with Crippen molar-refractivity contribution in [2.24, 2.45) is 0 Å². The molecule has 5 nitrogen and oxygen atoms in total. The van der Waals surface area contributed by atoms with Crippen molar-refractivity contribution in [3.8, 4) is 5.69 Å². The van der Waals surface area contributed by atoms with Crippen LogP contribution in [0, 0.1) is 0 Å². The summed E-state index contributed by atoms with van der Waals surface area (Å²) in [7, 11) is 0. The molecule has 3 heterocycles. The van der Waals surface area contributed by atoms with Gasteiger partial charge in [-0.2, -0.15) is 5.10 Å². The van der Waals surface area contributed by atoms with E-state index in [0.29, 0.717) is 5.92 Å². The van der Waals surface area contributed by atoms with Gasteiger partial charge in [0.2, 0.25) is 0 Å². The predicted molar refractivity (Wildman–Crippen MR) is 95.4 cm³/mol. The maximum absolute atomic E-state index is 4.81. The van der Waals surface area contributed by atoms with Gasteiger partial charge in [0, 0.05) is 61.2 Å². The Hall–Kier alpha value is -2.53. The predicted octanol–water partition coefficient (Wildman–Crippen LogP) is 3.10. The van der Waals surface area contributed by atoms with Crippen LogP contribution >= 0.6 is 0 Å². The molecule has 1 saturated carbocycles. The van der Waals surface area contributed by atoms with E-state index in [1.165, 1.54) is 29.7 Å². The fraction of sp³-hybridized carbons (Fsp3) is 0.350. The van der Waals surface area contributed by atoms with Gasteiger partial charge in [0.05, 0.1) is 11.9 Å². The van der Waals surface area contributed by atoms with Crippen molar-refractivity contribution >= 4 is 0 Å². The van der Waals surface area contributed by atoms with Gasteiger partial charge in [-0.05, 0) is 25.0 Å². The first kappa shape index (κ1) is 14.8. The second kappa shape index (κ2) is 6.08. The van der Waals surface area contributed by atoms with Gasteiger partial charge in [0.1, 0.15) is 5.82 Å². The Morgan fingerprint density at radius 2 is 1.96 bits per heavy atom. The lowest BCUT2D eigenvalue weighted by molar-refractivity contribution is 0.242. The Balaban J connectivity index is 1.29. The highest BCUT2D eigenvalue weighted by molar-refractivity contribution is 5.31. The first-order chi connectivity index (χ1) is 12.3.